The molecule has 0 saturated carbocycles. The molecule has 1 unspecified atom stereocenters. The molecule has 0 saturated heterocycles. The number of carbonyl (C=O) groups is 1. The van der Waals surface area contributed by atoms with Crippen molar-refractivity contribution in [3.8, 4) is 0 Å². The lowest BCUT2D eigenvalue weighted by Gasteiger charge is -2.31. The van der Waals surface area contributed by atoms with Crippen LogP contribution in [0.25, 0.3) is 0 Å². The fourth-order valence-electron chi connectivity index (χ4n) is 1.65. The van der Waals surface area contributed by atoms with E-state index in [1.54, 1.807) is 11.7 Å². The maximum Gasteiger partial charge on any atom is 0.258 e. The number of amides is 1. The number of thioether (sulfide) groups is 1. The normalized spacial score (nSPS) is 19.7. The molecule has 1 aromatic heterocycles. The molecule has 0 radical (unpaired) electrons. The van der Waals surface area contributed by atoms with Crippen LogP contribution in [0.2, 0.25) is 0 Å². The average molecular weight is 305 g/mol. The maximum atomic E-state index is 11.9. The van der Waals surface area contributed by atoms with Crippen molar-refractivity contribution in [3.63, 3.8) is 0 Å². The van der Waals surface area contributed by atoms with Gasteiger partial charge in [0.2, 0.25) is 5.17 Å². The molecule has 1 atom stereocenters. The largest absolute Gasteiger partial charge is 0.322 e. The Morgan fingerprint density at radius 1 is 1.47 bits per heavy atom. The molecule has 0 fully saturated rings. The minimum absolute atomic E-state index is 0. The maximum absolute atomic E-state index is 11.9. The third kappa shape index (κ3) is 2.90. The van der Waals surface area contributed by atoms with E-state index < -0.39 is 4.75 Å². The first-order valence-electron chi connectivity index (χ1n) is 5.54. The van der Waals surface area contributed by atoms with Crippen molar-refractivity contribution >= 4 is 35.2 Å². The van der Waals surface area contributed by atoms with Gasteiger partial charge in [-0.3, -0.25) is 4.79 Å². The summed E-state index contributed by atoms with van der Waals surface area (Å²) in [4.78, 5) is 16.0. The highest BCUT2D eigenvalue weighted by Crippen LogP contribution is 2.32. The first-order valence-corrected chi connectivity index (χ1v) is 6.36. The summed E-state index contributed by atoms with van der Waals surface area (Å²) in [6.45, 7) is 5.54. The molecule has 1 aromatic rings. The number of rotatable bonds is 1. The monoisotopic (exact) mass is 304 g/mol. The van der Waals surface area contributed by atoms with Crippen molar-refractivity contribution in [1.29, 1.82) is 0 Å². The minimum atomic E-state index is -0.576. The van der Waals surface area contributed by atoms with Crippen LogP contribution in [-0.2, 0) is 4.79 Å². The smallest absolute Gasteiger partial charge is 0.258 e. The second-order valence-corrected chi connectivity index (χ2v) is 6.23. The van der Waals surface area contributed by atoms with E-state index in [1.807, 2.05) is 20.8 Å². The van der Waals surface area contributed by atoms with Crippen LogP contribution in [0, 0.1) is 0 Å². The zero-order valence-corrected chi connectivity index (χ0v) is 12.8. The highest BCUT2D eigenvalue weighted by molar-refractivity contribution is 8.15. The Bertz CT molecular complexity index is 512. The summed E-state index contributed by atoms with van der Waals surface area (Å²) in [6, 6.07) is -0.248. The molecule has 0 aromatic carbocycles. The Labute approximate surface area is 122 Å². The Kier molecular flexibility index (Phi) is 4.59. The third-order valence-corrected chi connectivity index (χ3v) is 3.68. The van der Waals surface area contributed by atoms with Gasteiger partial charge in [-0.05, 0) is 20.8 Å². The number of nitrogens with two attached hydrogens (primary N) is 1. The Morgan fingerprint density at radius 3 is 2.63 bits per heavy atom. The zero-order valence-electron chi connectivity index (χ0n) is 11.2. The standard InChI is InChI=1S/C10H16N6OS.ClH/c1-6(11)7-12-5-13-16(7)9-14-15(4)8(17)10(2,3)18-9;/h5-6H,11H2,1-4H3;1H. The fourth-order valence-corrected chi connectivity index (χ4v) is 2.72. The van der Waals surface area contributed by atoms with Crippen LogP contribution >= 0.6 is 24.2 Å². The molecule has 0 aliphatic carbocycles. The SMILES string of the molecule is CC(N)c1ncnn1C1=NN(C)C(=O)C(C)(C)S1.Cl. The summed E-state index contributed by atoms with van der Waals surface area (Å²) < 4.78 is 1.01. The van der Waals surface area contributed by atoms with Crippen molar-refractivity contribution < 1.29 is 4.79 Å². The number of halogens is 1. The van der Waals surface area contributed by atoms with Crippen LogP contribution in [-0.4, -0.2) is 42.6 Å². The molecule has 106 valence electrons. The van der Waals surface area contributed by atoms with E-state index >= 15 is 0 Å². The van der Waals surface area contributed by atoms with Gasteiger partial charge in [0.1, 0.15) is 6.33 Å². The van der Waals surface area contributed by atoms with Gasteiger partial charge in [0.15, 0.2) is 5.82 Å². The van der Waals surface area contributed by atoms with Gasteiger partial charge in [0, 0.05) is 7.05 Å². The number of aromatic nitrogens is 3. The Hall–Kier alpha value is -1.12. The number of nitrogens with zero attached hydrogens (tertiary/aromatic N) is 5. The van der Waals surface area contributed by atoms with Gasteiger partial charge in [-0.1, -0.05) is 11.8 Å². The molecule has 0 bridgehead atoms. The van der Waals surface area contributed by atoms with Gasteiger partial charge in [0.05, 0.1) is 10.8 Å². The average Bonchev–Trinajstić information content (AvgIpc) is 2.73. The molecule has 19 heavy (non-hydrogen) atoms. The molecular weight excluding hydrogens is 288 g/mol. The van der Waals surface area contributed by atoms with E-state index in [4.69, 9.17) is 5.73 Å². The molecule has 9 heteroatoms. The lowest BCUT2D eigenvalue weighted by Crippen LogP contribution is -2.44. The summed E-state index contributed by atoms with van der Waals surface area (Å²) in [5, 5.41) is 10.3. The van der Waals surface area contributed by atoms with Gasteiger partial charge in [-0.25, -0.2) is 9.99 Å². The first-order chi connectivity index (χ1) is 8.33. The summed E-state index contributed by atoms with van der Waals surface area (Å²) in [5.74, 6) is 0.582. The zero-order chi connectivity index (χ0) is 13.5. The van der Waals surface area contributed by atoms with Gasteiger partial charge < -0.3 is 5.73 Å². The summed E-state index contributed by atoms with van der Waals surface area (Å²) >= 11 is 1.35. The molecule has 2 rings (SSSR count). The predicted octanol–water partition coefficient (Wildman–Crippen LogP) is 0.823. The molecule has 1 amide bonds. The highest BCUT2D eigenvalue weighted by Gasteiger charge is 2.38. The molecule has 2 N–H and O–H groups in total. The summed E-state index contributed by atoms with van der Waals surface area (Å²) in [7, 11) is 1.63. The van der Waals surface area contributed by atoms with Crippen molar-refractivity contribution in [2.75, 3.05) is 7.05 Å². The number of hydrazone groups is 1. The predicted molar refractivity (Wildman–Crippen MR) is 77.1 cm³/mol. The van der Waals surface area contributed by atoms with Crippen molar-refractivity contribution in [1.82, 2.24) is 19.8 Å². The number of hydrogen-bond acceptors (Lipinski definition) is 6. The lowest BCUT2D eigenvalue weighted by molar-refractivity contribution is -0.131. The van der Waals surface area contributed by atoms with Crippen LogP contribution < -0.4 is 5.73 Å². The van der Waals surface area contributed by atoms with E-state index in [1.165, 1.54) is 23.1 Å². The van der Waals surface area contributed by atoms with E-state index in [-0.39, 0.29) is 24.4 Å². The minimum Gasteiger partial charge on any atom is -0.322 e. The van der Waals surface area contributed by atoms with Crippen molar-refractivity contribution in [2.45, 2.75) is 31.6 Å². The van der Waals surface area contributed by atoms with Gasteiger partial charge in [-0.2, -0.15) is 9.78 Å². The van der Waals surface area contributed by atoms with E-state index in [0.717, 1.165) is 0 Å². The highest BCUT2D eigenvalue weighted by atomic mass is 35.5. The fraction of sp³-hybridized carbons (Fsp3) is 0.600. The van der Waals surface area contributed by atoms with Crippen LogP contribution in [0.15, 0.2) is 11.4 Å². The van der Waals surface area contributed by atoms with E-state index in [0.29, 0.717) is 11.0 Å². The lowest BCUT2D eigenvalue weighted by atomic mass is 10.2. The Balaban J connectivity index is 0.00000180. The van der Waals surface area contributed by atoms with Crippen LogP contribution in [0.5, 0.6) is 0 Å². The first kappa shape index (κ1) is 15.9. The summed E-state index contributed by atoms with van der Waals surface area (Å²) in [5.41, 5.74) is 5.83. The van der Waals surface area contributed by atoms with Gasteiger partial charge in [0.25, 0.3) is 5.91 Å². The molecule has 2 heterocycles. The quantitative estimate of drug-likeness (QED) is 0.830. The van der Waals surface area contributed by atoms with Gasteiger partial charge in [-0.15, -0.1) is 17.5 Å². The third-order valence-electron chi connectivity index (χ3n) is 2.55. The Morgan fingerprint density at radius 2 is 2.11 bits per heavy atom. The molecule has 1 aliphatic heterocycles. The number of hydrogen-bond donors (Lipinski definition) is 1. The van der Waals surface area contributed by atoms with Gasteiger partial charge >= 0.3 is 0 Å². The molecule has 1 aliphatic rings. The topological polar surface area (TPSA) is 89.4 Å². The second kappa shape index (κ2) is 5.48. The molecule has 7 nitrogen and oxygen atoms in total. The summed E-state index contributed by atoms with van der Waals surface area (Å²) in [6.07, 6.45) is 1.44. The number of carbonyl (C=O) groups excluding carboxylic acids is 1. The molecule has 0 spiro atoms. The van der Waals surface area contributed by atoms with Crippen LogP contribution in [0.3, 0.4) is 0 Å². The van der Waals surface area contributed by atoms with Crippen molar-refractivity contribution in [2.24, 2.45) is 10.8 Å². The van der Waals surface area contributed by atoms with Crippen molar-refractivity contribution in [3.05, 3.63) is 12.2 Å². The van der Waals surface area contributed by atoms with E-state index in [2.05, 4.69) is 15.2 Å². The van der Waals surface area contributed by atoms with E-state index in [9.17, 15) is 4.79 Å². The second-order valence-electron chi connectivity index (χ2n) is 4.64. The van der Waals surface area contributed by atoms with Crippen LogP contribution in [0.4, 0.5) is 0 Å². The van der Waals surface area contributed by atoms with Crippen LogP contribution in [0.1, 0.15) is 32.6 Å². The molecular formula is C10H17ClN6OS.